The van der Waals surface area contributed by atoms with Crippen LogP contribution in [0.1, 0.15) is 13.3 Å². The number of hydrogen-bond acceptors (Lipinski definition) is 5. The van der Waals surface area contributed by atoms with Gasteiger partial charge in [0.05, 0.1) is 24.2 Å². The molecule has 1 heterocycles. The van der Waals surface area contributed by atoms with E-state index < -0.39 is 33.7 Å². The Morgan fingerprint density at radius 3 is 2.25 bits per heavy atom. The molecular formula is C13H17NO5S. The van der Waals surface area contributed by atoms with Gasteiger partial charge in [-0.25, -0.2) is 8.42 Å². The van der Waals surface area contributed by atoms with E-state index in [9.17, 15) is 18.0 Å². The molecule has 1 saturated carbocycles. The third-order valence-electron chi connectivity index (χ3n) is 4.40. The Balaban J connectivity index is 1.83. The number of imide groups is 1. The summed E-state index contributed by atoms with van der Waals surface area (Å²) in [7, 11) is -3.91. The van der Waals surface area contributed by atoms with Crippen molar-refractivity contribution in [2.45, 2.75) is 13.3 Å². The van der Waals surface area contributed by atoms with Gasteiger partial charge in [-0.05, 0) is 25.2 Å². The maximum atomic E-state index is 12.3. The SMILES string of the molecule is CCOCCS(=O)(=O)N1C(=O)C2C3C=CC(C3)C2C1=O. The molecule has 1 saturated heterocycles. The van der Waals surface area contributed by atoms with E-state index in [1.807, 2.05) is 12.2 Å². The molecule has 0 radical (unpaired) electrons. The first-order valence-corrected chi connectivity index (χ1v) is 8.45. The summed E-state index contributed by atoms with van der Waals surface area (Å²) in [4.78, 5) is 24.6. The van der Waals surface area contributed by atoms with Crippen LogP contribution in [0.25, 0.3) is 0 Å². The number of ether oxygens (including phenoxy) is 1. The van der Waals surface area contributed by atoms with Crippen molar-refractivity contribution in [2.24, 2.45) is 23.7 Å². The molecule has 4 atom stereocenters. The van der Waals surface area contributed by atoms with E-state index in [-0.39, 0.29) is 24.2 Å². The first kappa shape index (κ1) is 13.8. The molecule has 3 rings (SSSR count). The normalized spacial score (nSPS) is 35.1. The Labute approximate surface area is 117 Å². The van der Waals surface area contributed by atoms with E-state index in [1.165, 1.54) is 0 Å². The molecule has 20 heavy (non-hydrogen) atoms. The minimum absolute atomic E-state index is 0.00364. The second kappa shape index (κ2) is 4.66. The first-order valence-electron chi connectivity index (χ1n) is 6.84. The minimum Gasteiger partial charge on any atom is -0.381 e. The Morgan fingerprint density at radius 1 is 1.20 bits per heavy atom. The van der Waals surface area contributed by atoms with Gasteiger partial charge in [0, 0.05) is 6.61 Å². The second-order valence-electron chi connectivity index (χ2n) is 5.45. The average Bonchev–Trinajstić information content (AvgIpc) is 3.03. The highest BCUT2D eigenvalue weighted by molar-refractivity contribution is 7.90. The Kier molecular flexibility index (Phi) is 3.21. The zero-order valence-corrected chi connectivity index (χ0v) is 12.0. The molecule has 6 nitrogen and oxygen atoms in total. The van der Waals surface area contributed by atoms with Crippen molar-refractivity contribution >= 4 is 21.8 Å². The minimum atomic E-state index is -3.91. The molecule has 1 aliphatic heterocycles. The molecule has 2 fully saturated rings. The van der Waals surface area contributed by atoms with Crippen LogP contribution in [0, 0.1) is 23.7 Å². The Hall–Kier alpha value is -1.21. The standard InChI is InChI=1S/C13H17NO5S/c1-2-19-5-6-20(17,18)14-12(15)10-8-3-4-9(7-8)11(10)13(14)16/h3-4,8-11H,2,5-7H2,1H3. The number of sulfonamides is 1. The third kappa shape index (κ3) is 1.83. The fourth-order valence-corrected chi connectivity index (χ4v) is 4.85. The second-order valence-corrected chi connectivity index (χ2v) is 7.39. The van der Waals surface area contributed by atoms with Gasteiger partial charge in [-0.3, -0.25) is 9.59 Å². The summed E-state index contributed by atoms with van der Waals surface area (Å²) in [5, 5.41) is 0. The van der Waals surface area contributed by atoms with Crippen molar-refractivity contribution in [1.29, 1.82) is 0 Å². The highest BCUT2D eigenvalue weighted by atomic mass is 32.2. The van der Waals surface area contributed by atoms with E-state index in [0.717, 1.165) is 6.42 Å². The molecule has 0 aromatic heterocycles. The van der Waals surface area contributed by atoms with Gasteiger partial charge in [-0.15, -0.1) is 0 Å². The lowest BCUT2D eigenvalue weighted by atomic mass is 9.85. The zero-order chi connectivity index (χ0) is 14.5. The maximum absolute atomic E-state index is 12.3. The van der Waals surface area contributed by atoms with Gasteiger partial charge in [0.1, 0.15) is 0 Å². The fraction of sp³-hybridized carbons (Fsp3) is 0.692. The van der Waals surface area contributed by atoms with Crippen LogP contribution >= 0.6 is 0 Å². The van der Waals surface area contributed by atoms with Gasteiger partial charge in [-0.1, -0.05) is 12.2 Å². The lowest BCUT2D eigenvalue weighted by Crippen LogP contribution is -2.40. The predicted octanol–water partition coefficient (Wildman–Crippen LogP) is 0.160. The molecule has 0 aromatic carbocycles. The molecule has 0 spiro atoms. The van der Waals surface area contributed by atoms with Crippen LogP contribution in [0.15, 0.2) is 12.2 Å². The van der Waals surface area contributed by atoms with Crippen LogP contribution in [0.4, 0.5) is 0 Å². The smallest absolute Gasteiger partial charge is 0.247 e. The Bertz CT molecular complexity index is 552. The number of fused-ring (bicyclic) bond motifs is 5. The molecule has 0 N–H and O–H groups in total. The topological polar surface area (TPSA) is 80.8 Å². The molecule has 2 bridgehead atoms. The number of nitrogens with zero attached hydrogens (tertiary/aromatic N) is 1. The number of allylic oxidation sites excluding steroid dienone is 2. The van der Waals surface area contributed by atoms with E-state index in [4.69, 9.17) is 4.74 Å². The number of rotatable bonds is 5. The fourth-order valence-electron chi connectivity index (χ4n) is 3.55. The van der Waals surface area contributed by atoms with Gasteiger partial charge < -0.3 is 4.74 Å². The molecule has 7 heteroatoms. The van der Waals surface area contributed by atoms with Crippen molar-refractivity contribution in [3.05, 3.63) is 12.2 Å². The van der Waals surface area contributed by atoms with E-state index in [1.54, 1.807) is 6.92 Å². The molecule has 2 amide bonds. The van der Waals surface area contributed by atoms with Gasteiger partial charge in [0.2, 0.25) is 21.8 Å². The average molecular weight is 299 g/mol. The van der Waals surface area contributed by atoms with Crippen LogP contribution in [0.3, 0.4) is 0 Å². The van der Waals surface area contributed by atoms with Crippen molar-refractivity contribution < 1.29 is 22.7 Å². The third-order valence-corrected chi connectivity index (χ3v) is 6.00. The summed E-state index contributed by atoms with van der Waals surface area (Å²) >= 11 is 0. The van der Waals surface area contributed by atoms with Crippen LogP contribution < -0.4 is 0 Å². The highest BCUT2D eigenvalue weighted by Crippen LogP contribution is 2.52. The van der Waals surface area contributed by atoms with Gasteiger partial charge in [0.25, 0.3) is 0 Å². The monoisotopic (exact) mass is 299 g/mol. The summed E-state index contributed by atoms with van der Waals surface area (Å²) in [6.07, 6.45) is 4.67. The summed E-state index contributed by atoms with van der Waals surface area (Å²) in [6.45, 7) is 2.15. The number of carbonyl (C=O) groups excluding carboxylic acids is 2. The van der Waals surface area contributed by atoms with E-state index >= 15 is 0 Å². The predicted molar refractivity (Wildman–Crippen MR) is 69.8 cm³/mol. The van der Waals surface area contributed by atoms with E-state index in [2.05, 4.69) is 0 Å². The van der Waals surface area contributed by atoms with Crippen molar-refractivity contribution in [3.63, 3.8) is 0 Å². The summed E-state index contributed by atoms with van der Waals surface area (Å²) in [6, 6.07) is 0. The maximum Gasteiger partial charge on any atom is 0.247 e. The molecule has 2 aliphatic carbocycles. The van der Waals surface area contributed by atoms with Crippen molar-refractivity contribution in [1.82, 2.24) is 4.31 Å². The molecule has 4 unspecified atom stereocenters. The van der Waals surface area contributed by atoms with Crippen molar-refractivity contribution in [2.75, 3.05) is 19.0 Å². The van der Waals surface area contributed by atoms with Crippen LogP contribution in [0.5, 0.6) is 0 Å². The van der Waals surface area contributed by atoms with E-state index in [0.29, 0.717) is 10.9 Å². The summed E-state index contributed by atoms with van der Waals surface area (Å²) < 4.78 is 29.9. The van der Waals surface area contributed by atoms with Crippen molar-refractivity contribution in [3.8, 4) is 0 Å². The quantitative estimate of drug-likeness (QED) is 0.410. The van der Waals surface area contributed by atoms with Crippen LogP contribution in [0.2, 0.25) is 0 Å². The molecule has 3 aliphatic rings. The van der Waals surface area contributed by atoms with Crippen LogP contribution in [-0.2, 0) is 24.3 Å². The van der Waals surface area contributed by atoms with Crippen LogP contribution in [-0.4, -0.2) is 43.5 Å². The highest BCUT2D eigenvalue weighted by Gasteiger charge is 2.61. The zero-order valence-electron chi connectivity index (χ0n) is 11.2. The lowest BCUT2D eigenvalue weighted by Gasteiger charge is -2.17. The summed E-state index contributed by atoms with van der Waals surface area (Å²) in [5.41, 5.74) is 0. The number of amides is 2. The number of carbonyl (C=O) groups is 2. The largest absolute Gasteiger partial charge is 0.381 e. The summed E-state index contributed by atoms with van der Waals surface area (Å²) in [5.74, 6) is -2.33. The van der Waals surface area contributed by atoms with Gasteiger partial charge in [0.15, 0.2) is 0 Å². The molecular weight excluding hydrogens is 282 g/mol. The number of hydrogen-bond donors (Lipinski definition) is 0. The lowest BCUT2D eigenvalue weighted by molar-refractivity contribution is -0.134. The Morgan fingerprint density at radius 2 is 1.75 bits per heavy atom. The molecule has 0 aromatic rings. The van der Waals surface area contributed by atoms with Gasteiger partial charge in [-0.2, -0.15) is 4.31 Å². The molecule has 110 valence electrons. The first-order chi connectivity index (χ1) is 9.47. The van der Waals surface area contributed by atoms with Gasteiger partial charge >= 0.3 is 0 Å².